The molecule has 0 aromatic heterocycles. The highest BCUT2D eigenvalue weighted by Gasteiger charge is 2.19. The number of carboxylic acid groups (broad SMARTS) is 1. The molecule has 2 aromatic carbocycles. The van der Waals surface area contributed by atoms with Crippen LogP contribution in [0, 0.1) is 0 Å². The Hall–Kier alpha value is -3.08. The number of benzene rings is 2. The molecule has 0 unspecified atom stereocenters. The van der Waals surface area contributed by atoms with Crippen molar-refractivity contribution in [1.82, 2.24) is 0 Å². The maximum Gasteiger partial charge on any atom is 0.335 e. The van der Waals surface area contributed by atoms with Crippen LogP contribution in [-0.4, -0.2) is 27.6 Å². The number of rotatable bonds is 4. The lowest BCUT2D eigenvalue weighted by Crippen LogP contribution is -2.11. The van der Waals surface area contributed by atoms with E-state index in [0.717, 1.165) is 5.56 Å². The molecule has 5 nitrogen and oxygen atoms in total. The molecule has 25 heavy (non-hydrogen) atoms. The van der Waals surface area contributed by atoms with Crippen molar-refractivity contribution in [3.63, 3.8) is 0 Å². The Bertz CT molecular complexity index is 839. The second-order valence-electron chi connectivity index (χ2n) is 6.74. The predicted octanol–water partition coefficient (Wildman–Crippen LogP) is 4.01. The zero-order valence-corrected chi connectivity index (χ0v) is 14.3. The van der Waals surface area contributed by atoms with Crippen LogP contribution in [0.2, 0.25) is 0 Å². The number of aliphatic hydroxyl groups excluding tert-OH is 1. The first-order valence-electron chi connectivity index (χ1n) is 7.71. The highest BCUT2D eigenvalue weighted by molar-refractivity contribution is 6.16. The van der Waals surface area contributed by atoms with Crippen molar-refractivity contribution in [2.45, 2.75) is 26.2 Å². The van der Waals surface area contributed by atoms with E-state index in [1.165, 1.54) is 30.3 Å². The largest absolute Gasteiger partial charge is 0.507 e. The number of carboxylic acids is 1. The van der Waals surface area contributed by atoms with E-state index < -0.39 is 5.97 Å². The van der Waals surface area contributed by atoms with Crippen molar-refractivity contribution in [1.29, 1.82) is 0 Å². The maximum absolute atomic E-state index is 11.6. The fraction of sp³-hybridized carbons (Fsp3) is 0.200. The van der Waals surface area contributed by atoms with Gasteiger partial charge in [-0.25, -0.2) is 4.79 Å². The van der Waals surface area contributed by atoms with Crippen LogP contribution in [0.15, 0.2) is 42.5 Å². The number of carbonyl (C=O) groups excluding carboxylic acids is 1. The van der Waals surface area contributed by atoms with Crippen LogP contribution in [0.1, 0.15) is 47.8 Å². The van der Waals surface area contributed by atoms with Crippen molar-refractivity contribution in [3.8, 4) is 5.75 Å². The summed E-state index contributed by atoms with van der Waals surface area (Å²) < 4.78 is 0. The van der Waals surface area contributed by atoms with Crippen LogP contribution in [0.4, 0.5) is 0 Å². The summed E-state index contributed by atoms with van der Waals surface area (Å²) >= 11 is 0. The molecule has 0 heterocycles. The summed E-state index contributed by atoms with van der Waals surface area (Å²) in [6.07, 6.45) is 0.474. The quantitative estimate of drug-likeness (QED) is 0.338. The van der Waals surface area contributed by atoms with Gasteiger partial charge in [-0.05, 0) is 35.2 Å². The van der Waals surface area contributed by atoms with E-state index in [1.54, 1.807) is 12.1 Å². The summed E-state index contributed by atoms with van der Waals surface area (Å²) in [5.74, 6) is -1.53. The molecular weight excluding hydrogens is 320 g/mol. The van der Waals surface area contributed by atoms with Crippen LogP contribution in [-0.2, 0) is 10.2 Å². The number of allylic oxidation sites excluding steroid dienone is 1. The van der Waals surface area contributed by atoms with E-state index in [-0.39, 0.29) is 39.2 Å². The molecule has 0 fully saturated rings. The van der Waals surface area contributed by atoms with Gasteiger partial charge >= 0.3 is 5.97 Å². The van der Waals surface area contributed by atoms with Crippen molar-refractivity contribution >= 4 is 23.6 Å². The molecule has 2 rings (SSSR count). The lowest BCUT2D eigenvalue weighted by molar-refractivity contribution is -0.103. The third-order valence-corrected chi connectivity index (χ3v) is 3.93. The van der Waals surface area contributed by atoms with E-state index in [2.05, 4.69) is 0 Å². The highest BCUT2D eigenvalue weighted by atomic mass is 16.4. The Labute approximate surface area is 145 Å². The first kappa shape index (κ1) is 18.3. The van der Waals surface area contributed by atoms with E-state index in [0.29, 0.717) is 6.29 Å². The molecule has 0 aliphatic rings. The van der Waals surface area contributed by atoms with Crippen LogP contribution in [0.5, 0.6) is 5.75 Å². The molecule has 2 aromatic rings. The summed E-state index contributed by atoms with van der Waals surface area (Å²) in [6, 6.07) is 10.4. The van der Waals surface area contributed by atoms with Crippen molar-refractivity contribution < 1.29 is 24.9 Å². The summed E-state index contributed by atoms with van der Waals surface area (Å²) in [6.45, 7) is 5.99. The molecule has 0 saturated heterocycles. The molecule has 0 atom stereocenters. The molecule has 0 spiro atoms. The van der Waals surface area contributed by atoms with Gasteiger partial charge in [-0.1, -0.05) is 39.0 Å². The molecule has 0 radical (unpaired) electrons. The number of phenols is 1. The summed E-state index contributed by atoms with van der Waals surface area (Å²) in [5, 5.41) is 29.5. The lowest BCUT2D eigenvalue weighted by atomic mass is 9.85. The average Bonchev–Trinajstić information content (AvgIpc) is 2.56. The molecule has 130 valence electrons. The zero-order valence-electron chi connectivity index (χ0n) is 14.3. The standard InChI is InChI=1S/C20H20O5/c1-20(2,3)14-8-9-17(22)15(10-14)16(11-21)18(23)12-4-6-13(7-5-12)19(24)25/h4-11,22-23H,1-3H3,(H,24,25)/b18-16-. The smallest absolute Gasteiger partial charge is 0.335 e. The van der Waals surface area contributed by atoms with Crippen LogP contribution in [0.3, 0.4) is 0 Å². The Kier molecular flexibility index (Phi) is 4.97. The molecular formula is C20H20O5. The zero-order chi connectivity index (χ0) is 18.8. The normalized spacial score (nSPS) is 12.4. The van der Waals surface area contributed by atoms with Gasteiger partial charge in [0.05, 0.1) is 11.1 Å². The number of aromatic carboxylic acids is 1. The van der Waals surface area contributed by atoms with Crippen molar-refractivity contribution in [3.05, 3.63) is 64.7 Å². The third kappa shape index (κ3) is 3.88. The Morgan fingerprint density at radius 2 is 1.52 bits per heavy atom. The minimum absolute atomic E-state index is 0.0633. The van der Waals surface area contributed by atoms with E-state index in [4.69, 9.17) is 5.11 Å². The topological polar surface area (TPSA) is 94.8 Å². The number of hydrogen-bond acceptors (Lipinski definition) is 4. The fourth-order valence-electron chi connectivity index (χ4n) is 2.39. The average molecular weight is 340 g/mol. The lowest BCUT2D eigenvalue weighted by Gasteiger charge is -2.20. The van der Waals surface area contributed by atoms with E-state index in [1.807, 2.05) is 20.8 Å². The van der Waals surface area contributed by atoms with Crippen molar-refractivity contribution in [2.24, 2.45) is 0 Å². The molecule has 0 aliphatic heterocycles. The number of aliphatic hydroxyl groups is 1. The summed E-state index contributed by atoms with van der Waals surface area (Å²) in [7, 11) is 0. The Balaban J connectivity index is 2.59. The second-order valence-corrected chi connectivity index (χ2v) is 6.74. The third-order valence-electron chi connectivity index (χ3n) is 3.93. The summed E-state index contributed by atoms with van der Waals surface area (Å²) in [4.78, 5) is 22.5. The van der Waals surface area contributed by atoms with Crippen LogP contribution in [0.25, 0.3) is 11.3 Å². The predicted molar refractivity (Wildman–Crippen MR) is 95.7 cm³/mol. The van der Waals surface area contributed by atoms with Gasteiger partial charge in [-0.15, -0.1) is 0 Å². The minimum Gasteiger partial charge on any atom is -0.507 e. The fourth-order valence-corrected chi connectivity index (χ4v) is 2.39. The first-order valence-corrected chi connectivity index (χ1v) is 7.71. The molecule has 5 heteroatoms. The molecule has 0 aliphatic carbocycles. The molecule has 0 bridgehead atoms. The molecule has 0 saturated carbocycles. The van der Waals surface area contributed by atoms with Gasteiger partial charge in [0.2, 0.25) is 0 Å². The van der Waals surface area contributed by atoms with Gasteiger partial charge in [0.1, 0.15) is 11.5 Å². The van der Waals surface area contributed by atoms with Gasteiger partial charge in [0.15, 0.2) is 6.29 Å². The maximum atomic E-state index is 11.6. The first-order chi connectivity index (χ1) is 11.6. The van der Waals surface area contributed by atoms with Gasteiger partial charge in [-0.2, -0.15) is 0 Å². The number of hydrogen-bond donors (Lipinski definition) is 3. The Morgan fingerprint density at radius 3 is 2.00 bits per heavy atom. The van der Waals surface area contributed by atoms with Gasteiger partial charge in [-0.3, -0.25) is 4.79 Å². The monoisotopic (exact) mass is 340 g/mol. The van der Waals surface area contributed by atoms with Crippen LogP contribution >= 0.6 is 0 Å². The number of phenolic OH excluding ortho intramolecular Hbond substituents is 1. The molecule has 0 amide bonds. The van der Waals surface area contributed by atoms with Gasteiger partial charge in [0.25, 0.3) is 0 Å². The highest BCUT2D eigenvalue weighted by Crippen LogP contribution is 2.33. The van der Waals surface area contributed by atoms with E-state index >= 15 is 0 Å². The number of aromatic hydroxyl groups is 1. The Morgan fingerprint density at radius 1 is 0.960 bits per heavy atom. The SMILES string of the molecule is CC(C)(C)c1ccc(O)c(/C(C=O)=C(\O)c2ccc(C(=O)O)cc2)c1. The van der Waals surface area contributed by atoms with Crippen LogP contribution < -0.4 is 0 Å². The molecule has 3 N–H and O–H groups in total. The minimum atomic E-state index is -1.08. The van der Waals surface area contributed by atoms with Gasteiger partial charge < -0.3 is 15.3 Å². The second kappa shape index (κ2) is 6.81. The number of aldehydes is 1. The van der Waals surface area contributed by atoms with E-state index in [9.17, 15) is 19.8 Å². The van der Waals surface area contributed by atoms with Gasteiger partial charge in [0, 0.05) is 11.1 Å². The number of carbonyl (C=O) groups is 2. The van der Waals surface area contributed by atoms with Crippen molar-refractivity contribution in [2.75, 3.05) is 0 Å². The summed E-state index contributed by atoms with van der Waals surface area (Å²) in [5.41, 5.74) is 1.21.